The summed E-state index contributed by atoms with van der Waals surface area (Å²) < 4.78 is 11.6. The lowest BCUT2D eigenvalue weighted by Crippen LogP contribution is -2.63. The molecule has 2 aliphatic heterocycles. The fourth-order valence-electron chi connectivity index (χ4n) is 7.59. The maximum atomic E-state index is 13.0. The fraction of sp³-hybridized carbons (Fsp3) is 0.667. The summed E-state index contributed by atoms with van der Waals surface area (Å²) in [4.78, 5) is 42.5. The van der Waals surface area contributed by atoms with Crippen LogP contribution in [-0.4, -0.2) is 78.1 Å². The number of urea groups is 1. The molecule has 2 atom stereocenters. The first-order valence-electron chi connectivity index (χ1n) is 13.4. The highest BCUT2D eigenvalue weighted by atomic mass is 16.6. The summed E-state index contributed by atoms with van der Waals surface area (Å²) >= 11 is 0. The van der Waals surface area contributed by atoms with E-state index in [0.717, 1.165) is 37.0 Å². The van der Waals surface area contributed by atoms with Crippen LogP contribution in [0.5, 0.6) is 11.5 Å². The first kappa shape index (κ1) is 23.6. The zero-order valence-corrected chi connectivity index (χ0v) is 20.9. The highest BCUT2D eigenvalue weighted by molar-refractivity contribution is 5.97. The molecule has 2 N–H and O–H groups in total. The second-order valence-corrected chi connectivity index (χ2v) is 11.5. The van der Waals surface area contributed by atoms with Gasteiger partial charge in [-0.15, -0.1) is 0 Å². The number of nitrogens with one attached hydrogen (secondary N) is 2. The molecule has 36 heavy (non-hydrogen) atoms. The van der Waals surface area contributed by atoms with E-state index in [-0.39, 0.29) is 30.0 Å². The monoisotopic (exact) mass is 496 g/mol. The van der Waals surface area contributed by atoms with Crippen molar-refractivity contribution < 1.29 is 23.9 Å². The lowest BCUT2D eigenvalue weighted by atomic mass is 9.53. The van der Waals surface area contributed by atoms with Gasteiger partial charge in [0.1, 0.15) is 6.61 Å². The van der Waals surface area contributed by atoms with Gasteiger partial charge in [0.25, 0.3) is 5.91 Å². The van der Waals surface area contributed by atoms with Gasteiger partial charge in [-0.1, -0.05) is 12.1 Å². The molecule has 2 heterocycles. The number of carbonyl (C=O) groups excluding carboxylic acids is 3. The van der Waals surface area contributed by atoms with Crippen molar-refractivity contribution in [1.82, 2.24) is 20.4 Å². The standard InChI is InChI=1S/C27H36N4O5/c1-17(24(32)28-26(34)29-27-13-18-10-19(14-27)12-20(11-18)15-27)30-6-8-31(9-7-30)25(33)23-16-35-21-4-2-3-5-22(21)36-23/h2-5,17-20,23H,6-16H2,1H3,(H2,28,29,32,34)/t17-,18?,19?,20?,23+,27?/m1/s1. The van der Waals surface area contributed by atoms with E-state index in [1.165, 1.54) is 19.3 Å². The summed E-state index contributed by atoms with van der Waals surface area (Å²) in [6.07, 6.45) is 6.40. The molecule has 4 aliphatic carbocycles. The van der Waals surface area contributed by atoms with Gasteiger partial charge in [-0.2, -0.15) is 0 Å². The highest BCUT2D eigenvalue weighted by Gasteiger charge is 2.51. The fourth-order valence-corrected chi connectivity index (χ4v) is 7.59. The number of carbonyl (C=O) groups is 3. The number of imide groups is 1. The predicted octanol–water partition coefficient (Wildman–Crippen LogP) is 2.15. The van der Waals surface area contributed by atoms with Crippen LogP contribution in [0.4, 0.5) is 4.79 Å². The molecule has 1 saturated heterocycles. The third-order valence-electron chi connectivity index (χ3n) is 8.99. The minimum atomic E-state index is -0.666. The largest absolute Gasteiger partial charge is 0.485 e. The first-order chi connectivity index (χ1) is 17.4. The number of para-hydroxylation sites is 2. The first-order valence-corrected chi connectivity index (χ1v) is 13.4. The van der Waals surface area contributed by atoms with E-state index in [1.54, 1.807) is 11.0 Å². The Hall–Kier alpha value is -2.81. The van der Waals surface area contributed by atoms with Gasteiger partial charge in [0.05, 0.1) is 6.04 Å². The molecule has 0 unspecified atom stereocenters. The summed E-state index contributed by atoms with van der Waals surface area (Å²) in [5.74, 6) is 3.02. The number of piperazine rings is 1. The second kappa shape index (κ2) is 9.25. The van der Waals surface area contributed by atoms with Crippen LogP contribution in [0.3, 0.4) is 0 Å². The summed E-state index contributed by atoms with van der Waals surface area (Å²) in [6.45, 7) is 4.12. The summed E-state index contributed by atoms with van der Waals surface area (Å²) in [7, 11) is 0. The molecule has 6 aliphatic rings. The highest BCUT2D eigenvalue weighted by Crippen LogP contribution is 2.55. The maximum absolute atomic E-state index is 13.0. The van der Waals surface area contributed by atoms with Crippen molar-refractivity contribution >= 4 is 17.8 Å². The Kier molecular flexibility index (Phi) is 6.06. The maximum Gasteiger partial charge on any atom is 0.321 e. The Bertz CT molecular complexity index is 1000. The lowest BCUT2D eigenvalue weighted by molar-refractivity contribution is -0.143. The third-order valence-corrected chi connectivity index (χ3v) is 8.99. The number of hydrogen-bond donors (Lipinski definition) is 2. The van der Waals surface area contributed by atoms with Gasteiger partial charge in [-0.25, -0.2) is 4.79 Å². The van der Waals surface area contributed by atoms with Crippen molar-refractivity contribution in [3.8, 4) is 11.5 Å². The van der Waals surface area contributed by atoms with E-state index in [0.29, 0.717) is 37.7 Å². The van der Waals surface area contributed by atoms with Crippen molar-refractivity contribution in [2.24, 2.45) is 17.8 Å². The zero-order chi connectivity index (χ0) is 24.9. The van der Waals surface area contributed by atoms with Crippen molar-refractivity contribution in [3.05, 3.63) is 24.3 Å². The number of nitrogens with zero attached hydrogens (tertiary/aromatic N) is 2. The summed E-state index contributed by atoms with van der Waals surface area (Å²) in [6, 6.07) is 6.52. The number of benzene rings is 1. The molecular formula is C27H36N4O5. The van der Waals surface area contributed by atoms with Crippen LogP contribution < -0.4 is 20.1 Å². The molecule has 1 aromatic rings. The predicted molar refractivity (Wildman–Crippen MR) is 132 cm³/mol. The molecule has 7 rings (SSSR count). The van der Waals surface area contributed by atoms with Crippen LogP contribution in [0.1, 0.15) is 45.4 Å². The van der Waals surface area contributed by atoms with Crippen molar-refractivity contribution in [1.29, 1.82) is 0 Å². The molecule has 9 heteroatoms. The molecular weight excluding hydrogens is 460 g/mol. The van der Waals surface area contributed by atoms with Gasteiger partial charge >= 0.3 is 6.03 Å². The van der Waals surface area contributed by atoms with Gasteiger partial charge in [0.15, 0.2) is 11.5 Å². The van der Waals surface area contributed by atoms with Crippen LogP contribution in [0.25, 0.3) is 0 Å². The minimum Gasteiger partial charge on any atom is -0.485 e. The molecule has 4 saturated carbocycles. The SMILES string of the molecule is C[C@H](C(=O)NC(=O)NC12CC3CC(CC(C3)C1)C2)N1CCN(C(=O)[C@@H]2COc3ccccc3O2)CC1. The topological polar surface area (TPSA) is 100 Å². The molecule has 4 bridgehead atoms. The van der Waals surface area contributed by atoms with Crippen molar-refractivity contribution in [2.75, 3.05) is 32.8 Å². The lowest BCUT2D eigenvalue weighted by Gasteiger charge is -2.56. The van der Waals surface area contributed by atoms with Crippen molar-refractivity contribution in [3.63, 3.8) is 0 Å². The van der Waals surface area contributed by atoms with E-state index in [9.17, 15) is 14.4 Å². The summed E-state index contributed by atoms with van der Waals surface area (Å²) in [5.41, 5.74) is -0.125. The number of ether oxygens (including phenoxy) is 2. The molecule has 9 nitrogen and oxygen atoms in total. The molecule has 1 aromatic carbocycles. The van der Waals surface area contributed by atoms with Crippen LogP contribution in [0.15, 0.2) is 24.3 Å². The van der Waals surface area contributed by atoms with E-state index in [2.05, 4.69) is 10.6 Å². The van der Waals surface area contributed by atoms with E-state index < -0.39 is 12.1 Å². The third kappa shape index (κ3) is 4.53. The molecule has 0 aromatic heterocycles. The quantitative estimate of drug-likeness (QED) is 0.663. The van der Waals surface area contributed by atoms with Gasteiger partial charge in [-0.05, 0) is 75.3 Å². The van der Waals surface area contributed by atoms with Crippen LogP contribution >= 0.6 is 0 Å². The molecule has 5 fully saturated rings. The minimum absolute atomic E-state index is 0.101. The molecule has 0 spiro atoms. The van der Waals surface area contributed by atoms with Gasteiger partial charge < -0.3 is 19.7 Å². The van der Waals surface area contributed by atoms with E-state index in [1.807, 2.05) is 30.0 Å². The van der Waals surface area contributed by atoms with Gasteiger partial charge in [0.2, 0.25) is 12.0 Å². The number of hydrogen-bond acceptors (Lipinski definition) is 6. The molecule has 0 radical (unpaired) electrons. The Morgan fingerprint density at radius 1 is 0.944 bits per heavy atom. The Morgan fingerprint density at radius 2 is 1.56 bits per heavy atom. The van der Waals surface area contributed by atoms with E-state index in [4.69, 9.17) is 9.47 Å². The Balaban J connectivity index is 0.975. The smallest absolute Gasteiger partial charge is 0.321 e. The molecule has 194 valence electrons. The van der Waals surface area contributed by atoms with Crippen molar-refractivity contribution in [2.45, 2.75) is 63.1 Å². The summed E-state index contributed by atoms with van der Waals surface area (Å²) in [5, 5.41) is 5.81. The normalized spacial score (nSPS) is 33.6. The average Bonchev–Trinajstić information content (AvgIpc) is 2.86. The Labute approximate surface area is 211 Å². The van der Waals surface area contributed by atoms with Crippen LogP contribution in [0.2, 0.25) is 0 Å². The zero-order valence-electron chi connectivity index (χ0n) is 20.9. The van der Waals surface area contributed by atoms with E-state index >= 15 is 0 Å². The van der Waals surface area contributed by atoms with Crippen LogP contribution in [-0.2, 0) is 9.59 Å². The number of rotatable bonds is 4. The number of amides is 4. The second-order valence-electron chi connectivity index (χ2n) is 11.5. The van der Waals surface area contributed by atoms with Gasteiger partial charge in [0, 0.05) is 31.7 Å². The molecule has 4 amide bonds. The Morgan fingerprint density at radius 3 is 2.19 bits per heavy atom. The van der Waals surface area contributed by atoms with Gasteiger partial charge in [-0.3, -0.25) is 19.8 Å². The van der Waals surface area contributed by atoms with Crippen LogP contribution in [0, 0.1) is 17.8 Å². The average molecular weight is 497 g/mol. The number of fused-ring (bicyclic) bond motifs is 1.